The Morgan fingerprint density at radius 1 is 1.03 bits per heavy atom. The van der Waals surface area contributed by atoms with Gasteiger partial charge in [0.25, 0.3) is 0 Å². The standard InChI is InChI=1S/C24H23FN4O2/c25-19-8-6-7-18(13-19)14-23(30)28-16-22(17-28)29(15-21-11-4-5-12-26-21)24(31)27-20-9-2-1-3-10-20/h1-13,22H,14-17H2,(H,27,31). The summed E-state index contributed by atoms with van der Waals surface area (Å²) >= 11 is 0. The van der Waals surface area contributed by atoms with Gasteiger partial charge in [-0.15, -0.1) is 0 Å². The molecule has 1 saturated heterocycles. The molecule has 1 fully saturated rings. The lowest BCUT2D eigenvalue weighted by Gasteiger charge is -2.45. The largest absolute Gasteiger partial charge is 0.338 e. The highest BCUT2D eigenvalue weighted by Gasteiger charge is 2.37. The zero-order chi connectivity index (χ0) is 21.6. The van der Waals surface area contributed by atoms with Crippen molar-refractivity contribution in [1.82, 2.24) is 14.8 Å². The second-order valence-electron chi connectivity index (χ2n) is 7.50. The van der Waals surface area contributed by atoms with Crippen LogP contribution in [0.25, 0.3) is 0 Å². The van der Waals surface area contributed by atoms with Crippen LogP contribution in [0.1, 0.15) is 11.3 Å². The SMILES string of the molecule is O=C(Cc1cccc(F)c1)N1CC(N(Cc2ccccn2)C(=O)Nc2ccccc2)C1. The minimum atomic E-state index is -0.356. The molecule has 3 aromatic rings. The molecule has 31 heavy (non-hydrogen) atoms. The first-order valence-corrected chi connectivity index (χ1v) is 10.1. The Morgan fingerprint density at radius 3 is 2.52 bits per heavy atom. The molecule has 2 aromatic carbocycles. The predicted molar refractivity (Wildman–Crippen MR) is 116 cm³/mol. The molecule has 0 spiro atoms. The van der Waals surface area contributed by atoms with Gasteiger partial charge in [-0.05, 0) is 42.0 Å². The van der Waals surface area contributed by atoms with E-state index in [1.165, 1.54) is 12.1 Å². The Balaban J connectivity index is 1.41. The molecule has 0 atom stereocenters. The van der Waals surface area contributed by atoms with Gasteiger partial charge in [0.1, 0.15) is 5.82 Å². The molecule has 1 aliphatic heterocycles. The van der Waals surface area contributed by atoms with E-state index in [-0.39, 0.29) is 30.2 Å². The Kier molecular flexibility index (Phi) is 6.21. The summed E-state index contributed by atoms with van der Waals surface area (Å²) in [6, 6.07) is 20.5. The van der Waals surface area contributed by atoms with E-state index in [1.807, 2.05) is 48.5 Å². The van der Waals surface area contributed by atoms with Gasteiger partial charge in [-0.3, -0.25) is 9.78 Å². The van der Waals surface area contributed by atoms with Crippen molar-refractivity contribution in [3.63, 3.8) is 0 Å². The molecule has 1 aliphatic rings. The Morgan fingerprint density at radius 2 is 1.81 bits per heavy atom. The summed E-state index contributed by atoms with van der Waals surface area (Å²) < 4.78 is 13.4. The first kappa shape index (κ1) is 20.5. The van der Waals surface area contributed by atoms with Gasteiger partial charge >= 0.3 is 6.03 Å². The maximum atomic E-state index is 13.4. The van der Waals surface area contributed by atoms with Crippen molar-refractivity contribution in [3.8, 4) is 0 Å². The highest BCUT2D eigenvalue weighted by atomic mass is 19.1. The molecule has 1 N–H and O–H groups in total. The van der Waals surface area contributed by atoms with E-state index in [0.29, 0.717) is 30.9 Å². The lowest BCUT2D eigenvalue weighted by Crippen LogP contribution is -2.62. The van der Waals surface area contributed by atoms with Gasteiger partial charge < -0.3 is 15.1 Å². The number of para-hydroxylation sites is 1. The van der Waals surface area contributed by atoms with Crippen LogP contribution < -0.4 is 5.32 Å². The fourth-order valence-corrected chi connectivity index (χ4v) is 3.54. The molecule has 6 nitrogen and oxygen atoms in total. The zero-order valence-corrected chi connectivity index (χ0v) is 16.9. The number of rotatable bonds is 6. The number of urea groups is 1. The number of carbonyl (C=O) groups excluding carboxylic acids is 2. The fraction of sp³-hybridized carbons (Fsp3) is 0.208. The molecule has 2 heterocycles. The molecule has 3 amide bonds. The number of pyridine rings is 1. The average molecular weight is 418 g/mol. The Hall–Kier alpha value is -3.74. The summed E-state index contributed by atoms with van der Waals surface area (Å²) in [7, 11) is 0. The van der Waals surface area contributed by atoms with E-state index in [9.17, 15) is 14.0 Å². The second-order valence-corrected chi connectivity index (χ2v) is 7.50. The van der Waals surface area contributed by atoms with Gasteiger partial charge in [0, 0.05) is 25.0 Å². The smallest absolute Gasteiger partial charge is 0.322 e. The third kappa shape index (κ3) is 5.25. The van der Waals surface area contributed by atoms with E-state index >= 15 is 0 Å². The van der Waals surface area contributed by atoms with Crippen LogP contribution >= 0.6 is 0 Å². The van der Waals surface area contributed by atoms with Crippen molar-refractivity contribution in [2.45, 2.75) is 19.0 Å². The minimum absolute atomic E-state index is 0.0805. The number of hydrogen-bond donors (Lipinski definition) is 1. The highest BCUT2D eigenvalue weighted by Crippen LogP contribution is 2.20. The third-order valence-corrected chi connectivity index (χ3v) is 5.24. The van der Waals surface area contributed by atoms with Gasteiger partial charge in [-0.25, -0.2) is 9.18 Å². The molecule has 0 aliphatic carbocycles. The first-order chi connectivity index (χ1) is 15.1. The van der Waals surface area contributed by atoms with Crippen LogP contribution in [0.4, 0.5) is 14.9 Å². The molecule has 1 aromatic heterocycles. The summed E-state index contributed by atoms with van der Waals surface area (Å²) in [5, 5.41) is 2.92. The molecule has 0 radical (unpaired) electrons. The van der Waals surface area contributed by atoms with E-state index in [1.54, 1.807) is 28.1 Å². The van der Waals surface area contributed by atoms with Crippen molar-refractivity contribution >= 4 is 17.6 Å². The number of nitrogens with one attached hydrogen (secondary N) is 1. The molecule has 0 unspecified atom stereocenters. The topological polar surface area (TPSA) is 65.5 Å². The molecular weight excluding hydrogens is 395 g/mol. The van der Waals surface area contributed by atoms with Crippen LogP contribution in [-0.4, -0.2) is 45.9 Å². The van der Waals surface area contributed by atoms with Crippen LogP contribution in [-0.2, 0) is 17.8 Å². The highest BCUT2D eigenvalue weighted by molar-refractivity contribution is 5.90. The molecule has 4 rings (SSSR count). The summed E-state index contributed by atoms with van der Waals surface area (Å²) in [6.07, 6.45) is 1.83. The van der Waals surface area contributed by atoms with E-state index in [0.717, 1.165) is 5.69 Å². The molecule has 0 saturated carbocycles. The molecule has 0 bridgehead atoms. The van der Waals surface area contributed by atoms with Crippen LogP contribution in [0, 0.1) is 5.82 Å². The minimum Gasteiger partial charge on any atom is -0.338 e. The van der Waals surface area contributed by atoms with Crippen molar-refractivity contribution in [3.05, 3.63) is 96.1 Å². The van der Waals surface area contributed by atoms with E-state index < -0.39 is 0 Å². The van der Waals surface area contributed by atoms with Crippen molar-refractivity contribution in [2.24, 2.45) is 0 Å². The molecular formula is C24H23FN4O2. The maximum Gasteiger partial charge on any atom is 0.322 e. The molecule has 7 heteroatoms. The number of likely N-dealkylation sites (tertiary alicyclic amines) is 1. The van der Waals surface area contributed by atoms with Crippen molar-refractivity contribution in [2.75, 3.05) is 18.4 Å². The van der Waals surface area contributed by atoms with Gasteiger partial charge in [0.15, 0.2) is 0 Å². The van der Waals surface area contributed by atoms with E-state index in [2.05, 4.69) is 10.3 Å². The Labute approximate surface area is 180 Å². The van der Waals surface area contributed by atoms with Crippen molar-refractivity contribution < 1.29 is 14.0 Å². The van der Waals surface area contributed by atoms with Crippen LogP contribution in [0.2, 0.25) is 0 Å². The maximum absolute atomic E-state index is 13.4. The van der Waals surface area contributed by atoms with Gasteiger partial charge in [-0.2, -0.15) is 0 Å². The Bertz CT molecular complexity index is 1040. The first-order valence-electron chi connectivity index (χ1n) is 10.1. The number of anilines is 1. The summed E-state index contributed by atoms with van der Waals surface area (Å²) in [4.78, 5) is 33.3. The lowest BCUT2D eigenvalue weighted by atomic mass is 10.0. The number of hydrogen-bond acceptors (Lipinski definition) is 3. The third-order valence-electron chi connectivity index (χ3n) is 5.24. The summed E-state index contributed by atoms with van der Waals surface area (Å²) in [5.41, 5.74) is 2.12. The zero-order valence-electron chi connectivity index (χ0n) is 16.9. The van der Waals surface area contributed by atoms with Crippen LogP contribution in [0.3, 0.4) is 0 Å². The van der Waals surface area contributed by atoms with Crippen molar-refractivity contribution in [1.29, 1.82) is 0 Å². The number of halogens is 1. The summed E-state index contributed by atoms with van der Waals surface area (Å²) in [5.74, 6) is -0.436. The van der Waals surface area contributed by atoms with Crippen LogP contribution in [0.15, 0.2) is 79.0 Å². The number of amides is 3. The average Bonchev–Trinajstić information content (AvgIpc) is 2.73. The van der Waals surface area contributed by atoms with Gasteiger partial charge in [0.05, 0.1) is 24.7 Å². The number of benzene rings is 2. The van der Waals surface area contributed by atoms with Gasteiger partial charge in [0.2, 0.25) is 5.91 Å². The quantitative estimate of drug-likeness (QED) is 0.664. The monoisotopic (exact) mass is 418 g/mol. The molecule has 158 valence electrons. The fourth-order valence-electron chi connectivity index (χ4n) is 3.54. The predicted octanol–water partition coefficient (Wildman–Crippen LogP) is 3.71. The van der Waals surface area contributed by atoms with E-state index in [4.69, 9.17) is 0 Å². The number of nitrogens with zero attached hydrogens (tertiary/aromatic N) is 3. The number of carbonyl (C=O) groups is 2. The van der Waals surface area contributed by atoms with Crippen LogP contribution in [0.5, 0.6) is 0 Å². The summed E-state index contributed by atoms with van der Waals surface area (Å²) in [6.45, 7) is 1.21. The lowest BCUT2D eigenvalue weighted by molar-refractivity contribution is -0.137. The van der Waals surface area contributed by atoms with Gasteiger partial charge in [-0.1, -0.05) is 36.4 Å². The normalized spacial score (nSPS) is 13.4. The number of aromatic nitrogens is 1. The second kappa shape index (κ2) is 9.38.